The van der Waals surface area contributed by atoms with Crippen LogP contribution in [-0.2, 0) is 9.63 Å². The van der Waals surface area contributed by atoms with Crippen LogP contribution in [0.15, 0.2) is 10.5 Å². The number of nitrogen functional groups attached to an aromatic ring is 1. The Hall–Kier alpha value is -1.70. The average molecular weight is 233 g/mol. The van der Waals surface area contributed by atoms with E-state index < -0.39 is 18.4 Å². The molecule has 0 unspecified atom stereocenters. The van der Waals surface area contributed by atoms with Crippen LogP contribution in [-0.4, -0.2) is 35.1 Å². The summed E-state index contributed by atoms with van der Waals surface area (Å²) in [5, 5.41) is 13.7. The number of carboxylic acids is 1. The summed E-state index contributed by atoms with van der Waals surface area (Å²) in [5.74, 6) is -1.31. The maximum atomic E-state index is 11.7. The van der Waals surface area contributed by atoms with E-state index >= 15 is 0 Å². The second-order valence-electron chi connectivity index (χ2n) is 2.34. The van der Waals surface area contributed by atoms with Crippen LogP contribution in [0.5, 0.6) is 0 Å². The van der Waals surface area contributed by atoms with E-state index in [2.05, 4.69) is 15.0 Å². The number of hydrogen-bond acceptors (Lipinski definition) is 6. The fourth-order valence-corrected chi connectivity index (χ4v) is 1.28. The second-order valence-corrected chi connectivity index (χ2v) is 3.23. The Kier molecular flexibility index (Phi) is 3.98. The molecule has 0 saturated carbocycles. The van der Waals surface area contributed by atoms with Gasteiger partial charge in [0.15, 0.2) is 5.13 Å². The summed E-state index contributed by atoms with van der Waals surface area (Å²) in [5.41, 5.74) is 5.04. The summed E-state index contributed by atoms with van der Waals surface area (Å²) >= 11 is 1.08. The Bertz CT molecular complexity index is 379. The Balaban J connectivity index is 2.83. The molecule has 0 spiro atoms. The summed E-state index contributed by atoms with van der Waals surface area (Å²) in [6.07, 6.45) is 0. The van der Waals surface area contributed by atoms with Gasteiger partial charge in [-0.05, 0) is 0 Å². The molecule has 1 aromatic heterocycles. The zero-order chi connectivity index (χ0) is 11.3. The zero-order valence-corrected chi connectivity index (χ0v) is 8.33. The summed E-state index contributed by atoms with van der Waals surface area (Å²) in [7, 11) is 0. The van der Waals surface area contributed by atoms with Crippen molar-refractivity contribution in [2.24, 2.45) is 5.16 Å². The number of carbonyl (C=O) groups is 1. The lowest BCUT2D eigenvalue weighted by Gasteiger charge is -1.97. The molecule has 1 heterocycles. The molecule has 1 rings (SSSR count). The fourth-order valence-electron chi connectivity index (χ4n) is 0.736. The number of aromatic nitrogens is 1. The summed E-state index contributed by atoms with van der Waals surface area (Å²) in [6, 6.07) is 0. The Morgan fingerprint density at radius 2 is 2.53 bits per heavy atom. The van der Waals surface area contributed by atoms with Gasteiger partial charge in [-0.15, -0.1) is 11.3 Å². The van der Waals surface area contributed by atoms with Crippen molar-refractivity contribution in [3.63, 3.8) is 0 Å². The first kappa shape index (κ1) is 11.4. The number of hydrogen-bond donors (Lipinski definition) is 2. The fraction of sp³-hybridized carbons (Fsp3) is 0.286. The number of nitrogens with zero attached hydrogens (tertiary/aromatic N) is 2. The molecule has 0 bridgehead atoms. The maximum Gasteiger partial charge on any atom is 0.360 e. The lowest BCUT2D eigenvalue weighted by Crippen LogP contribution is -2.16. The topological polar surface area (TPSA) is 97.8 Å². The first-order valence-electron chi connectivity index (χ1n) is 3.85. The molecule has 3 N–H and O–H groups in total. The van der Waals surface area contributed by atoms with Gasteiger partial charge >= 0.3 is 5.97 Å². The Labute approximate surface area is 88.2 Å². The molecule has 0 aliphatic heterocycles. The average Bonchev–Trinajstić information content (AvgIpc) is 2.59. The molecule has 0 radical (unpaired) electrons. The van der Waals surface area contributed by atoms with E-state index in [9.17, 15) is 9.18 Å². The van der Waals surface area contributed by atoms with Crippen molar-refractivity contribution < 1.29 is 19.1 Å². The minimum absolute atomic E-state index is 0.101. The van der Waals surface area contributed by atoms with Gasteiger partial charge in [0.1, 0.15) is 19.0 Å². The molecule has 0 aliphatic rings. The second kappa shape index (κ2) is 5.25. The summed E-state index contributed by atoms with van der Waals surface area (Å²) in [6.45, 7) is -1.04. The monoisotopic (exact) mass is 233 g/mol. The van der Waals surface area contributed by atoms with Crippen molar-refractivity contribution in [1.29, 1.82) is 0 Å². The molecule has 0 amide bonds. The third-order valence-corrected chi connectivity index (χ3v) is 1.97. The maximum absolute atomic E-state index is 11.7. The van der Waals surface area contributed by atoms with Crippen molar-refractivity contribution in [2.75, 3.05) is 19.0 Å². The molecule has 6 nitrogen and oxygen atoms in total. The lowest BCUT2D eigenvalue weighted by molar-refractivity contribution is -0.129. The molecule has 15 heavy (non-hydrogen) atoms. The van der Waals surface area contributed by atoms with Gasteiger partial charge in [-0.3, -0.25) is 0 Å². The van der Waals surface area contributed by atoms with Gasteiger partial charge < -0.3 is 15.7 Å². The van der Waals surface area contributed by atoms with Crippen LogP contribution in [0.25, 0.3) is 0 Å². The standard InChI is InChI=1S/C7H8FN3O3S/c8-1-2-14-11-5(6(12)13)4-3-15-7(9)10-4/h3H,1-2H2,(H2,9,10)(H,12,13)/b11-5-. The highest BCUT2D eigenvalue weighted by Crippen LogP contribution is 2.12. The van der Waals surface area contributed by atoms with Crippen LogP contribution >= 0.6 is 11.3 Å². The SMILES string of the molecule is Nc1nc(/C(=N/OCCF)C(=O)O)cs1. The molecule has 0 saturated heterocycles. The van der Waals surface area contributed by atoms with Crippen LogP contribution in [0.4, 0.5) is 9.52 Å². The molecule has 8 heteroatoms. The van der Waals surface area contributed by atoms with Crippen molar-refractivity contribution in [1.82, 2.24) is 4.98 Å². The highest BCUT2D eigenvalue weighted by atomic mass is 32.1. The Morgan fingerprint density at radius 1 is 1.80 bits per heavy atom. The van der Waals surface area contributed by atoms with Crippen molar-refractivity contribution >= 4 is 28.1 Å². The van der Waals surface area contributed by atoms with E-state index in [4.69, 9.17) is 10.8 Å². The third-order valence-electron chi connectivity index (χ3n) is 1.29. The molecule has 0 atom stereocenters. The van der Waals surface area contributed by atoms with E-state index in [-0.39, 0.29) is 17.4 Å². The quantitative estimate of drug-likeness (QED) is 0.438. The van der Waals surface area contributed by atoms with E-state index in [1.165, 1.54) is 5.38 Å². The third kappa shape index (κ3) is 3.17. The van der Waals surface area contributed by atoms with E-state index in [0.29, 0.717) is 0 Å². The van der Waals surface area contributed by atoms with E-state index in [1.54, 1.807) is 0 Å². The lowest BCUT2D eigenvalue weighted by atomic mass is 10.3. The van der Waals surface area contributed by atoms with Gasteiger partial charge in [0, 0.05) is 5.38 Å². The van der Waals surface area contributed by atoms with E-state index in [0.717, 1.165) is 11.3 Å². The van der Waals surface area contributed by atoms with Gasteiger partial charge in [-0.2, -0.15) is 0 Å². The van der Waals surface area contributed by atoms with Gasteiger partial charge in [-0.25, -0.2) is 14.2 Å². The zero-order valence-electron chi connectivity index (χ0n) is 7.51. The van der Waals surface area contributed by atoms with Crippen LogP contribution in [0.3, 0.4) is 0 Å². The first-order valence-corrected chi connectivity index (χ1v) is 4.73. The summed E-state index contributed by atoms with van der Waals surface area (Å²) < 4.78 is 11.7. The van der Waals surface area contributed by atoms with Gasteiger partial charge in [-0.1, -0.05) is 5.16 Å². The molecular weight excluding hydrogens is 225 g/mol. The number of halogens is 1. The predicted octanol–water partition coefficient (Wildman–Crippen LogP) is 0.500. The van der Waals surface area contributed by atoms with Crippen molar-refractivity contribution in [2.45, 2.75) is 0 Å². The minimum atomic E-state index is -1.31. The van der Waals surface area contributed by atoms with E-state index in [1.807, 2.05) is 0 Å². The number of oxime groups is 1. The van der Waals surface area contributed by atoms with Gasteiger partial charge in [0.2, 0.25) is 5.71 Å². The number of nitrogens with two attached hydrogens (primary N) is 1. The van der Waals surface area contributed by atoms with Crippen LogP contribution in [0.1, 0.15) is 5.69 Å². The molecule has 0 aliphatic carbocycles. The normalized spacial score (nSPS) is 11.4. The van der Waals surface area contributed by atoms with Gasteiger partial charge in [0.05, 0.1) is 0 Å². The number of thiazole rings is 1. The van der Waals surface area contributed by atoms with Crippen LogP contribution < -0.4 is 5.73 Å². The van der Waals surface area contributed by atoms with Crippen molar-refractivity contribution in [3.05, 3.63) is 11.1 Å². The predicted molar refractivity (Wildman–Crippen MR) is 52.6 cm³/mol. The largest absolute Gasteiger partial charge is 0.476 e. The Morgan fingerprint density at radius 3 is 3.00 bits per heavy atom. The highest BCUT2D eigenvalue weighted by Gasteiger charge is 2.16. The number of aliphatic carboxylic acids is 1. The minimum Gasteiger partial charge on any atom is -0.476 e. The molecule has 82 valence electrons. The smallest absolute Gasteiger partial charge is 0.360 e. The number of anilines is 1. The molecule has 0 aromatic carbocycles. The van der Waals surface area contributed by atoms with Gasteiger partial charge in [0.25, 0.3) is 0 Å². The van der Waals surface area contributed by atoms with Crippen LogP contribution in [0.2, 0.25) is 0 Å². The summed E-state index contributed by atoms with van der Waals surface area (Å²) in [4.78, 5) is 18.9. The number of rotatable bonds is 5. The molecule has 1 aromatic rings. The molecular formula is C7H8FN3O3S. The molecule has 0 fully saturated rings. The van der Waals surface area contributed by atoms with Crippen molar-refractivity contribution in [3.8, 4) is 0 Å². The number of carboxylic acid groups (broad SMARTS) is 1. The highest BCUT2D eigenvalue weighted by molar-refractivity contribution is 7.13. The van der Waals surface area contributed by atoms with Crippen LogP contribution in [0, 0.1) is 0 Å². The first-order chi connectivity index (χ1) is 7.15. The number of alkyl halides is 1.